The number of non-ortho nitro benzene ring substituents is 1. The number of esters is 1. The van der Waals surface area contributed by atoms with E-state index in [1.807, 2.05) is 0 Å². The maximum Gasteiger partial charge on any atom is 0.340 e. The van der Waals surface area contributed by atoms with Crippen molar-refractivity contribution in [1.82, 2.24) is 0 Å². The Morgan fingerprint density at radius 1 is 1.27 bits per heavy atom. The second-order valence-electron chi connectivity index (χ2n) is 4.04. The Kier molecular flexibility index (Phi) is 5.02. The lowest BCUT2D eigenvalue weighted by Crippen LogP contribution is -2.19. The summed E-state index contributed by atoms with van der Waals surface area (Å²) in [7, 11) is 1.30. The average Bonchev–Trinajstić information content (AvgIpc) is 2.95. The van der Waals surface area contributed by atoms with Crippen LogP contribution >= 0.6 is 23.6 Å². The first-order valence-corrected chi connectivity index (χ1v) is 7.28. The molecule has 0 radical (unpaired) electrons. The van der Waals surface area contributed by atoms with Crippen LogP contribution < -0.4 is 10.6 Å². The summed E-state index contributed by atoms with van der Waals surface area (Å²) in [5, 5.41) is 18.9. The van der Waals surface area contributed by atoms with E-state index in [4.69, 9.17) is 12.2 Å². The van der Waals surface area contributed by atoms with E-state index < -0.39 is 10.9 Å². The minimum absolute atomic E-state index is 0.00402. The molecule has 9 heteroatoms. The van der Waals surface area contributed by atoms with Gasteiger partial charge in [0.15, 0.2) is 5.11 Å². The van der Waals surface area contributed by atoms with Crippen LogP contribution in [-0.2, 0) is 4.74 Å². The van der Waals surface area contributed by atoms with E-state index in [1.54, 1.807) is 23.6 Å². The van der Waals surface area contributed by atoms with Crippen LogP contribution in [0.5, 0.6) is 0 Å². The standard InChI is InChI=1S/C13H11N3O4S2/c1-20-12(17)10-6-7-22-11(10)15-13(21)14-8-2-4-9(5-3-8)16(18)19/h2-7H,1H3,(H2,14,15,21). The second-order valence-corrected chi connectivity index (χ2v) is 5.36. The molecule has 0 unspecified atom stereocenters. The Bertz CT molecular complexity index is 712. The molecule has 2 N–H and O–H groups in total. The van der Waals surface area contributed by atoms with Crippen LogP contribution in [0.2, 0.25) is 0 Å². The van der Waals surface area contributed by atoms with Crippen LogP contribution in [0, 0.1) is 10.1 Å². The molecule has 1 aromatic carbocycles. The van der Waals surface area contributed by atoms with E-state index in [0.29, 0.717) is 16.3 Å². The van der Waals surface area contributed by atoms with Gasteiger partial charge in [-0.15, -0.1) is 11.3 Å². The Hall–Kier alpha value is -2.52. The SMILES string of the molecule is COC(=O)c1ccsc1NC(=S)Nc1ccc([N+](=O)[O-])cc1. The molecule has 1 heterocycles. The quantitative estimate of drug-likeness (QED) is 0.383. The molecule has 0 aliphatic heterocycles. The molecule has 7 nitrogen and oxygen atoms in total. The molecular weight excluding hydrogens is 326 g/mol. The number of thiophene rings is 1. The van der Waals surface area contributed by atoms with Crippen LogP contribution in [0.15, 0.2) is 35.7 Å². The van der Waals surface area contributed by atoms with E-state index in [2.05, 4.69) is 15.4 Å². The van der Waals surface area contributed by atoms with Gasteiger partial charge in [-0.3, -0.25) is 10.1 Å². The summed E-state index contributed by atoms with van der Waals surface area (Å²) in [6.45, 7) is 0. The fourth-order valence-electron chi connectivity index (χ4n) is 1.61. The molecule has 0 fully saturated rings. The minimum Gasteiger partial charge on any atom is -0.465 e. The molecule has 0 spiro atoms. The van der Waals surface area contributed by atoms with Gasteiger partial charge in [0.25, 0.3) is 5.69 Å². The van der Waals surface area contributed by atoms with Crippen LogP contribution in [0.4, 0.5) is 16.4 Å². The van der Waals surface area contributed by atoms with Crippen molar-refractivity contribution in [2.45, 2.75) is 0 Å². The molecule has 0 atom stereocenters. The normalized spacial score (nSPS) is 9.86. The molecule has 0 bridgehead atoms. The van der Waals surface area contributed by atoms with Crippen LogP contribution in [-0.4, -0.2) is 23.1 Å². The molecular formula is C13H11N3O4S2. The van der Waals surface area contributed by atoms with Gasteiger partial charge in [0.1, 0.15) is 5.00 Å². The van der Waals surface area contributed by atoms with Gasteiger partial charge in [-0.25, -0.2) is 4.79 Å². The lowest BCUT2D eigenvalue weighted by atomic mass is 10.3. The average molecular weight is 337 g/mol. The number of carbonyl (C=O) groups is 1. The van der Waals surface area contributed by atoms with Crippen molar-refractivity contribution in [2.75, 3.05) is 17.7 Å². The zero-order valence-corrected chi connectivity index (χ0v) is 13.0. The zero-order valence-electron chi connectivity index (χ0n) is 11.4. The van der Waals surface area contributed by atoms with E-state index in [0.717, 1.165) is 0 Å². The lowest BCUT2D eigenvalue weighted by molar-refractivity contribution is -0.384. The summed E-state index contributed by atoms with van der Waals surface area (Å²) < 4.78 is 4.67. The third-order valence-electron chi connectivity index (χ3n) is 2.63. The van der Waals surface area contributed by atoms with Crippen LogP contribution in [0.3, 0.4) is 0 Å². The number of hydrogen-bond donors (Lipinski definition) is 2. The van der Waals surface area contributed by atoms with E-state index in [9.17, 15) is 14.9 Å². The van der Waals surface area contributed by atoms with Crippen LogP contribution in [0.25, 0.3) is 0 Å². The number of benzene rings is 1. The second kappa shape index (κ2) is 6.96. The number of nitrogens with zero attached hydrogens (tertiary/aromatic N) is 1. The maximum atomic E-state index is 11.6. The number of nitro benzene ring substituents is 1. The Labute approximate surface area is 135 Å². The maximum absolute atomic E-state index is 11.6. The predicted molar refractivity (Wildman–Crippen MR) is 88.6 cm³/mol. The van der Waals surface area contributed by atoms with Crippen molar-refractivity contribution >= 4 is 51.0 Å². The summed E-state index contributed by atoms with van der Waals surface area (Å²) in [6.07, 6.45) is 0. The summed E-state index contributed by atoms with van der Waals surface area (Å²) in [4.78, 5) is 21.7. The van der Waals surface area contributed by atoms with E-state index in [1.165, 1.54) is 30.6 Å². The molecule has 114 valence electrons. The van der Waals surface area contributed by atoms with E-state index in [-0.39, 0.29) is 10.8 Å². The summed E-state index contributed by atoms with van der Waals surface area (Å²) in [5.74, 6) is -0.457. The first kappa shape index (κ1) is 15.9. The molecule has 2 aromatic rings. The molecule has 0 saturated heterocycles. The smallest absolute Gasteiger partial charge is 0.340 e. The molecule has 0 saturated carbocycles. The summed E-state index contributed by atoms with van der Waals surface area (Å²) >= 11 is 6.46. The highest BCUT2D eigenvalue weighted by molar-refractivity contribution is 7.80. The lowest BCUT2D eigenvalue weighted by Gasteiger charge is -2.10. The fraction of sp³-hybridized carbons (Fsp3) is 0.0769. The fourth-order valence-corrected chi connectivity index (χ4v) is 2.67. The number of rotatable bonds is 4. The number of methoxy groups -OCH3 is 1. The van der Waals surface area contributed by atoms with Gasteiger partial charge in [0, 0.05) is 17.8 Å². The summed E-state index contributed by atoms with van der Waals surface area (Å²) in [5.41, 5.74) is 0.982. The number of anilines is 2. The third-order valence-corrected chi connectivity index (χ3v) is 3.67. The van der Waals surface area contributed by atoms with E-state index >= 15 is 0 Å². The Morgan fingerprint density at radius 2 is 1.95 bits per heavy atom. The molecule has 0 aliphatic carbocycles. The largest absolute Gasteiger partial charge is 0.465 e. The Morgan fingerprint density at radius 3 is 2.55 bits per heavy atom. The van der Waals surface area contributed by atoms with Crippen molar-refractivity contribution < 1.29 is 14.5 Å². The summed E-state index contributed by atoms with van der Waals surface area (Å²) in [6, 6.07) is 7.46. The van der Waals surface area contributed by atoms with Crippen molar-refractivity contribution in [2.24, 2.45) is 0 Å². The molecule has 22 heavy (non-hydrogen) atoms. The number of hydrogen-bond acceptors (Lipinski definition) is 6. The van der Waals surface area contributed by atoms with Gasteiger partial charge in [-0.1, -0.05) is 0 Å². The third kappa shape index (κ3) is 3.77. The van der Waals surface area contributed by atoms with Gasteiger partial charge in [0.2, 0.25) is 0 Å². The monoisotopic (exact) mass is 337 g/mol. The number of ether oxygens (including phenoxy) is 1. The minimum atomic E-state index is -0.478. The highest BCUT2D eigenvalue weighted by Gasteiger charge is 2.14. The zero-order chi connectivity index (χ0) is 16.1. The number of nitrogens with one attached hydrogen (secondary N) is 2. The molecule has 0 amide bonds. The van der Waals surface area contributed by atoms with Crippen molar-refractivity contribution in [3.8, 4) is 0 Å². The highest BCUT2D eigenvalue weighted by atomic mass is 32.1. The number of thiocarbonyl (C=S) groups is 1. The van der Waals surface area contributed by atoms with Crippen molar-refractivity contribution in [3.63, 3.8) is 0 Å². The van der Waals surface area contributed by atoms with Crippen LogP contribution in [0.1, 0.15) is 10.4 Å². The number of nitro groups is 1. The van der Waals surface area contributed by atoms with Gasteiger partial charge in [0.05, 0.1) is 17.6 Å². The number of carbonyl (C=O) groups excluding carboxylic acids is 1. The van der Waals surface area contributed by atoms with Gasteiger partial charge < -0.3 is 15.4 Å². The topological polar surface area (TPSA) is 93.5 Å². The van der Waals surface area contributed by atoms with Gasteiger partial charge in [-0.05, 0) is 35.8 Å². The van der Waals surface area contributed by atoms with Crippen molar-refractivity contribution in [1.29, 1.82) is 0 Å². The van der Waals surface area contributed by atoms with Gasteiger partial charge >= 0.3 is 5.97 Å². The molecule has 0 aliphatic rings. The van der Waals surface area contributed by atoms with Crippen molar-refractivity contribution in [3.05, 3.63) is 51.4 Å². The predicted octanol–water partition coefficient (Wildman–Crippen LogP) is 3.25. The first-order chi connectivity index (χ1) is 10.5. The first-order valence-electron chi connectivity index (χ1n) is 5.99. The highest BCUT2D eigenvalue weighted by Crippen LogP contribution is 2.24. The molecule has 1 aromatic heterocycles. The molecule has 2 rings (SSSR count). The Balaban J connectivity index is 2.03. The van der Waals surface area contributed by atoms with Gasteiger partial charge in [-0.2, -0.15) is 0 Å².